The third-order valence-corrected chi connectivity index (χ3v) is 5.47. The molecule has 2 aromatic rings. The fourth-order valence-corrected chi connectivity index (χ4v) is 3.62. The molecule has 1 N–H and O–H groups in total. The van der Waals surface area contributed by atoms with E-state index >= 15 is 0 Å². The van der Waals surface area contributed by atoms with Crippen molar-refractivity contribution in [2.24, 2.45) is 0 Å². The minimum absolute atomic E-state index is 0.00953. The number of likely N-dealkylation sites (N-methyl/N-ethyl adjacent to an activating group) is 1. The van der Waals surface area contributed by atoms with Gasteiger partial charge in [0.1, 0.15) is 5.75 Å². The molecule has 0 aliphatic carbocycles. The van der Waals surface area contributed by atoms with Crippen LogP contribution in [0, 0.1) is 0 Å². The van der Waals surface area contributed by atoms with Crippen LogP contribution in [0.4, 0.5) is 17.1 Å². The van der Waals surface area contributed by atoms with Gasteiger partial charge in [-0.2, -0.15) is 0 Å². The summed E-state index contributed by atoms with van der Waals surface area (Å²) in [5.74, 6) is 0.0149. The van der Waals surface area contributed by atoms with Crippen LogP contribution in [0.25, 0.3) is 0 Å². The summed E-state index contributed by atoms with van der Waals surface area (Å²) in [6.45, 7) is 3.14. The molecule has 0 unspecified atom stereocenters. The standard InChI is InChI=1S/C23H25N3O5/c1-25-19-14-16(2-8-21(19)31-15-23(25)29)20(27)7-9-22(28)24-17-3-5-18(6-4-17)26-10-12-30-13-11-26/h2-6,8,14H,7,9-13,15H2,1H3,(H,24,28). The van der Waals surface area contributed by atoms with Gasteiger partial charge in [-0.15, -0.1) is 0 Å². The van der Waals surface area contributed by atoms with Crippen LogP contribution in [0.3, 0.4) is 0 Å². The van der Waals surface area contributed by atoms with Gasteiger partial charge in [0.2, 0.25) is 5.91 Å². The van der Waals surface area contributed by atoms with E-state index in [0.29, 0.717) is 22.7 Å². The molecule has 2 aliphatic rings. The zero-order chi connectivity index (χ0) is 21.8. The molecule has 8 nitrogen and oxygen atoms in total. The molecule has 0 atom stereocenters. The van der Waals surface area contributed by atoms with Gasteiger partial charge in [0.05, 0.1) is 18.9 Å². The third-order valence-electron chi connectivity index (χ3n) is 5.47. The number of morpholine rings is 1. The molecule has 0 radical (unpaired) electrons. The Morgan fingerprint density at radius 2 is 1.77 bits per heavy atom. The topological polar surface area (TPSA) is 88.2 Å². The lowest BCUT2D eigenvalue weighted by Crippen LogP contribution is -2.36. The number of nitrogens with one attached hydrogen (secondary N) is 1. The van der Waals surface area contributed by atoms with Crippen molar-refractivity contribution in [2.75, 3.05) is 55.1 Å². The fourth-order valence-electron chi connectivity index (χ4n) is 3.62. The van der Waals surface area contributed by atoms with Crippen LogP contribution >= 0.6 is 0 Å². The SMILES string of the molecule is CN1C(=O)COc2ccc(C(=O)CCC(=O)Nc3ccc(N4CCOCC4)cc3)cc21. The highest BCUT2D eigenvalue weighted by Crippen LogP contribution is 2.32. The van der Waals surface area contributed by atoms with Gasteiger partial charge in [-0.3, -0.25) is 14.4 Å². The van der Waals surface area contributed by atoms with E-state index < -0.39 is 0 Å². The Kier molecular flexibility index (Phi) is 6.18. The number of ether oxygens (including phenoxy) is 2. The molecule has 8 heteroatoms. The van der Waals surface area contributed by atoms with E-state index in [1.807, 2.05) is 24.3 Å². The second kappa shape index (κ2) is 9.18. The zero-order valence-corrected chi connectivity index (χ0v) is 17.4. The van der Waals surface area contributed by atoms with Gasteiger partial charge >= 0.3 is 0 Å². The Morgan fingerprint density at radius 3 is 2.52 bits per heavy atom. The maximum absolute atomic E-state index is 12.6. The number of rotatable bonds is 6. The summed E-state index contributed by atoms with van der Waals surface area (Å²) in [5.41, 5.74) is 2.80. The fraction of sp³-hybridized carbons (Fsp3) is 0.348. The van der Waals surface area contributed by atoms with Crippen LogP contribution < -0.4 is 19.9 Å². The molecule has 162 valence electrons. The van der Waals surface area contributed by atoms with Gasteiger partial charge in [-0.1, -0.05) is 0 Å². The number of carbonyl (C=O) groups excluding carboxylic acids is 3. The van der Waals surface area contributed by atoms with Gasteiger partial charge in [0.25, 0.3) is 5.91 Å². The quantitative estimate of drug-likeness (QED) is 0.719. The van der Waals surface area contributed by atoms with Crippen molar-refractivity contribution < 1.29 is 23.9 Å². The molecular weight excluding hydrogens is 398 g/mol. The number of anilines is 3. The summed E-state index contributed by atoms with van der Waals surface area (Å²) in [7, 11) is 1.65. The summed E-state index contributed by atoms with van der Waals surface area (Å²) in [6, 6.07) is 12.6. The third kappa shape index (κ3) is 4.86. The Labute approximate surface area is 180 Å². The summed E-state index contributed by atoms with van der Waals surface area (Å²) < 4.78 is 10.7. The van der Waals surface area contributed by atoms with E-state index in [2.05, 4.69) is 10.2 Å². The number of fused-ring (bicyclic) bond motifs is 1. The summed E-state index contributed by atoms with van der Waals surface area (Å²) in [5, 5.41) is 2.83. The highest BCUT2D eigenvalue weighted by Gasteiger charge is 2.23. The first-order valence-corrected chi connectivity index (χ1v) is 10.3. The molecule has 0 bridgehead atoms. The molecule has 0 aromatic heterocycles. The smallest absolute Gasteiger partial charge is 0.264 e. The lowest BCUT2D eigenvalue weighted by molar-refractivity contribution is -0.121. The normalized spacial score (nSPS) is 15.8. The molecule has 31 heavy (non-hydrogen) atoms. The number of amides is 2. The maximum Gasteiger partial charge on any atom is 0.264 e. The summed E-state index contributed by atoms with van der Waals surface area (Å²) >= 11 is 0. The van der Waals surface area contributed by atoms with Crippen LogP contribution in [0.5, 0.6) is 5.75 Å². The summed E-state index contributed by atoms with van der Waals surface area (Å²) in [6.07, 6.45) is 0.154. The molecule has 2 heterocycles. The Bertz CT molecular complexity index is 983. The first-order chi connectivity index (χ1) is 15.0. The first-order valence-electron chi connectivity index (χ1n) is 10.3. The van der Waals surface area contributed by atoms with Crippen molar-refractivity contribution in [2.45, 2.75) is 12.8 Å². The van der Waals surface area contributed by atoms with E-state index in [-0.39, 0.29) is 37.0 Å². The average Bonchev–Trinajstić information content (AvgIpc) is 2.81. The van der Waals surface area contributed by atoms with Crippen LogP contribution in [0.1, 0.15) is 23.2 Å². The largest absolute Gasteiger partial charge is 0.482 e. The van der Waals surface area contributed by atoms with Crippen molar-refractivity contribution in [1.82, 2.24) is 0 Å². The molecule has 2 amide bonds. The molecule has 4 rings (SSSR count). The van der Waals surface area contributed by atoms with E-state index in [1.165, 1.54) is 4.90 Å². The Hall–Kier alpha value is -3.39. The number of carbonyl (C=O) groups is 3. The van der Waals surface area contributed by atoms with Crippen molar-refractivity contribution in [3.8, 4) is 5.75 Å². The molecule has 2 aromatic carbocycles. The molecular formula is C23H25N3O5. The van der Waals surface area contributed by atoms with Crippen molar-refractivity contribution in [3.63, 3.8) is 0 Å². The van der Waals surface area contributed by atoms with E-state index in [4.69, 9.17) is 9.47 Å². The van der Waals surface area contributed by atoms with Crippen LogP contribution in [0.2, 0.25) is 0 Å². The van der Waals surface area contributed by atoms with Crippen molar-refractivity contribution >= 4 is 34.7 Å². The number of hydrogen-bond acceptors (Lipinski definition) is 6. The van der Waals surface area contributed by atoms with E-state index in [9.17, 15) is 14.4 Å². The Balaban J connectivity index is 1.30. The molecule has 2 aliphatic heterocycles. The second-order valence-corrected chi connectivity index (χ2v) is 7.54. The number of ketones is 1. The number of benzene rings is 2. The molecule has 1 saturated heterocycles. The first kappa shape index (κ1) is 20.9. The number of hydrogen-bond donors (Lipinski definition) is 1. The van der Waals surface area contributed by atoms with E-state index in [1.54, 1.807) is 25.2 Å². The monoisotopic (exact) mass is 423 g/mol. The lowest BCUT2D eigenvalue weighted by atomic mass is 10.0. The lowest BCUT2D eigenvalue weighted by Gasteiger charge is -2.28. The highest BCUT2D eigenvalue weighted by molar-refractivity contribution is 6.03. The van der Waals surface area contributed by atoms with Crippen LogP contribution in [-0.4, -0.2) is 57.6 Å². The maximum atomic E-state index is 12.6. The van der Waals surface area contributed by atoms with Gasteiger partial charge < -0.3 is 24.6 Å². The highest BCUT2D eigenvalue weighted by atomic mass is 16.5. The van der Waals surface area contributed by atoms with Gasteiger partial charge in [-0.25, -0.2) is 0 Å². The predicted molar refractivity (Wildman–Crippen MR) is 117 cm³/mol. The van der Waals surface area contributed by atoms with Gasteiger partial charge in [-0.05, 0) is 42.5 Å². The molecule has 0 spiro atoms. The van der Waals surface area contributed by atoms with Crippen LogP contribution in [-0.2, 0) is 14.3 Å². The summed E-state index contributed by atoms with van der Waals surface area (Å²) in [4.78, 5) is 40.4. The average molecular weight is 423 g/mol. The van der Waals surface area contributed by atoms with Gasteiger partial charge in [0, 0.05) is 49.9 Å². The minimum atomic E-state index is -0.221. The number of Topliss-reactive ketones (excluding diaryl/α,β-unsaturated/α-hetero) is 1. The zero-order valence-electron chi connectivity index (χ0n) is 17.4. The molecule has 0 saturated carbocycles. The van der Waals surface area contributed by atoms with Crippen molar-refractivity contribution in [1.29, 1.82) is 0 Å². The Morgan fingerprint density at radius 1 is 1.03 bits per heavy atom. The minimum Gasteiger partial charge on any atom is -0.482 e. The predicted octanol–water partition coefficient (Wildman–Crippen LogP) is 2.48. The van der Waals surface area contributed by atoms with Gasteiger partial charge in [0.15, 0.2) is 12.4 Å². The second-order valence-electron chi connectivity index (χ2n) is 7.54. The van der Waals surface area contributed by atoms with Crippen molar-refractivity contribution in [3.05, 3.63) is 48.0 Å². The van der Waals surface area contributed by atoms with Crippen LogP contribution in [0.15, 0.2) is 42.5 Å². The molecule has 1 fully saturated rings. The number of nitrogens with zero attached hydrogens (tertiary/aromatic N) is 2. The van der Waals surface area contributed by atoms with E-state index in [0.717, 1.165) is 32.0 Å².